The number of carbonyl (C=O) groups excluding carboxylic acids is 1. The zero-order valence-corrected chi connectivity index (χ0v) is 3.40. The van der Waals surface area contributed by atoms with Crippen molar-refractivity contribution in [2.45, 2.75) is 12.8 Å². The molecule has 1 aliphatic carbocycles. The third-order valence-corrected chi connectivity index (χ3v) is 0.779. The van der Waals surface area contributed by atoms with E-state index in [1.165, 1.54) is 6.08 Å². The van der Waals surface area contributed by atoms with Crippen molar-refractivity contribution in [1.29, 1.82) is 0 Å². The molecular formula is C5H6O. The van der Waals surface area contributed by atoms with E-state index in [0.717, 1.165) is 0 Å². The van der Waals surface area contributed by atoms with Gasteiger partial charge >= 0.3 is 0 Å². The highest BCUT2D eigenvalue weighted by Gasteiger charge is 1.98. The molecule has 0 saturated heterocycles. The Labute approximate surface area is 38.1 Å². The van der Waals surface area contributed by atoms with Gasteiger partial charge in [0.15, 0.2) is 5.78 Å². The molecule has 0 aromatic rings. The van der Waals surface area contributed by atoms with Gasteiger partial charge in [0.1, 0.15) is 0 Å². The SMILES string of the molecule is [2H]C1=CC(=O)CC1. The predicted octanol–water partition coefficient (Wildman–Crippen LogP) is 0.905. The lowest BCUT2D eigenvalue weighted by atomic mass is 10.3. The number of rotatable bonds is 0. The van der Waals surface area contributed by atoms with Gasteiger partial charge in [0.25, 0.3) is 0 Å². The van der Waals surface area contributed by atoms with Gasteiger partial charge in [0.2, 0.25) is 0 Å². The van der Waals surface area contributed by atoms with Gasteiger partial charge in [-0.25, -0.2) is 0 Å². The predicted molar refractivity (Wildman–Crippen MR) is 23.4 cm³/mol. The quantitative estimate of drug-likeness (QED) is 0.425. The second-order valence-corrected chi connectivity index (χ2v) is 1.31. The smallest absolute Gasteiger partial charge is 0.155 e. The maximum absolute atomic E-state index is 10.3. The van der Waals surface area contributed by atoms with Crippen LogP contribution in [0.2, 0.25) is 0 Å². The highest BCUT2D eigenvalue weighted by Crippen LogP contribution is 2.01. The van der Waals surface area contributed by atoms with Gasteiger partial charge in [-0.2, -0.15) is 0 Å². The molecule has 0 spiro atoms. The first-order chi connectivity index (χ1) is 3.29. The summed E-state index contributed by atoms with van der Waals surface area (Å²) in [7, 11) is 0. The molecule has 0 amide bonds. The summed E-state index contributed by atoms with van der Waals surface area (Å²) >= 11 is 0. The first-order valence-corrected chi connectivity index (χ1v) is 1.99. The molecule has 0 aromatic carbocycles. The van der Waals surface area contributed by atoms with Crippen LogP contribution in [0.5, 0.6) is 0 Å². The van der Waals surface area contributed by atoms with Gasteiger partial charge in [0.05, 0.1) is 1.37 Å². The summed E-state index contributed by atoms with van der Waals surface area (Å²) in [5.41, 5.74) is 0. The Bertz CT molecular complexity index is 126. The van der Waals surface area contributed by atoms with Gasteiger partial charge < -0.3 is 0 Å². The summed E-state index contributed by atoms with van der Waals surface area (Å²) in [6, 6.07) is 0.477. The number of hydrogen-bond donors (Lipinski definition) is 0. The van der Waals surface area contributed by atoms with Crippen LogP contribution >= 0.6 is 0 Å². The number of carbonyl (C=O) groups is 1. The summed E-state index contributed by atoms with van der Waals surface area (Å²) in [5, 5.41) is 0. The monoisotopic (exact) mass is 83.0 g/mol. The summed E-state index contributed by atoms with van der Waals surface area (Å²) in [4.78, 5) is 10.3. The summed E-state index contributed by atoms with van der Waals surface area (Å²) < 4.78 is 6.90. The van der Waals surface area contributed by atoms with E-state index < -0.39 is 0 Å². The highest BCUT2D eigenvalue weighted by molar-refractivity contribution is 5.91. The van der Waals surface area contributed by atoms with E-state index in [2.05, 4.69) is 0 Å². The van der Waals surface area contributed by atoms with E-state index in [9.17, 15) is 4.79 Å². The number of hydrogen-bond acceptors (Lipinski definition) is 1. The minimum Gasteiger partial charge on any atom is -0.295 e. The average Bonchev–Trinajstić information content (AvgIpc) is 1.87. The van der Waals surface area contributed by atoms with Gasteiger partial charge in [-0.05, 0) is 12.5 Å². The molecule has 1 aliphatic rings. The molecule has 0 unspecified atom stereocenters. The lowest BCUT2D eigenvalue weighted by Gasteiger charge is -1.71. The molecule has 32 valence electrons. The molecule has 0 atom stereocenters. The molecule has 0 bridgehead atoms. The van der Waals surface area contributed by atoms with E-state index in [1.54, 1.807) is 0 Å². The molecule has 0 aliphatic heterocycles. The second-order valence-electron chi connectivity index (χ2n) is 1.31. The summed E-state index contributed by atoms with van der Waals surface area (Å²) in [6.45, 7) is 0. The lowest BCUT2D eigenvalue weighted by molar-refractivity contribution is -0.114. The molecule has 0 N–H and O–H groups in total. The molecule has 0 heterocycles. The Balaban J connectivity index is 2.67. The molecule has 1 nitrogen and oxygen atoms in total. The van der Waals surface area contributed by atoms with Crippen LogP contribution in [0.15, 0.2) is 12.1 Å². The first-order valence-electron chi connectivity index (χ1n) is 2.49. The summed E-state index contributed by atoms with van der Waals surface area (Å²) in [6.07, 6.45) is 2.59. The molecule has 0 fully saturated rings. The third kappa shape index (κ3) is 0.482. The van der Waals surface area contributed by atoms with Gasteiger partial charge in [-0.3, -0.25) is 4.79 Å². The largest absolute Gasteiger partial charge is 0.295 e. The maximum Gasteiger partial charge on any atom is 0.155 e. The van der Waals surface area contributed by atoms with Crippen molar-refractivity contribution in [3.05, 3.63) is 12.1 Å². The fourth-order valence-electron chi connectivity index (χ4n) is 0.454. The van der Waals surface area contributed by atoms with E-state index >= 15 is 0 Å². The van der Waals surface area contributed by atoms with Gasteiger partial charge in [0, 0.05) is 6.42 Å². The molecule has 6 heavy (non-hydrogen) atoms. The molecule has 0 saturated carbocycles. The Morgan fingerprint density at radius 1 is 2.00 bits per heavy atom. The van der Waals surface area contributed by atoms with Crippen molar-refractivity contribution in [1.82, 2.24) is 0 Å². The Morgan fingerprint density at radius 3 is 3.00 bits per heavy atom. The zero-order valence-electron chi connectivity index (χ0n) is 4.40. The zero-order chi connectivity index (χ0) is 5.28. The first kappa shape index (κ1) is 2.56. The molecule has 1 rings (SSSR count). The Morgan fingerprint density at radius 2 is 2.83 bits per heavy atom. The van der Waals surface area contributed by atoms with E-state index in [0.29, 0.717) is 18.9 Å². The normalized spacial score (nSPS) is 23.7. The molecule has 1 heteroatoms. The van der Waals surface area contributed by atoms with Crippen LogP contribution in [-0.4, -0.2) is 5.78 Å². The van der Waals surface area contributed by atoms with Crippen LogP contribution in [0.25, 0.3) is 0 Å². The topological polar surface area (TPSA) is 17.1 Å². The number of allylic oxidation sites excluding steroid dienone is 2. The average molecular weight is 83.1 g/mol. The van der Waals surface area contributed by atoms with Crippen molar-refractivity contribution < 1.29 is 6.17 Å². The van der Waals surface area contributed by atoms with Crippen LogP contribution in [0.1, 0.15) is 14.2 Å². The van der Waals surface area contributed by atoms with Crippen LogP contribution < -0.4 is 0 Å². The summed E-state index contributed by atoms with van der Waals surface area (Å²) in [5.74, 6) is 0.102. The molecule has 0 aromatic heterocycles. The van der Waals surface area contributed by atoms with Crippen molar-refractivity contribution in [2.24, 2.45) is 0 Å². The Kier molecular flexibility index (Phi) is 0.533. The lowest BCUT2D eigenvalue weighted by Crippen LogP contribution is -1.80. The van der Waals surface area contributed by atoms with Crippen molar-refractivity contribution >= 4 is 5.78 Å². The Hall–Kier alpha value is -0.590. The van der Waals surface area contributed by atoms with Gasteiger partial charge in [-0.1, -0.05) is 6.05 Å². The molecule has 0 radical (unpaired) electrons. The second kappa shape index (κ2) is 1.25. The van der Waals surface area contributed by atoms with Gasteiger partial charge in [-0.15, -0.1) is 0 Å². The highest BCUT2D eigenvalue weighted by atomic mass is 16.1. The van der Waals surface area contributed by atoms with E-state index in [1.807, 2.05) is 0 Å². The standard InChI is InChI=1S/C5H6O/c6-5-3-1-2-4-5/h1,3H,2,4H2/i1D. The third-order valence-electron chi connectivity index (χ3n) is 0.779. The maximum atomic E-state index is 10.3. The van der Waals surface area contributed by atoms with Crippen molar-refractivity contribution in [3.63, 3.8) is 0 Å². The van der Waals surface area contributed by atoms with Crippen LogP contribution in [0, 0.1) is 0 Å². The number of ketones is 1. The molecular weight excluding hydrogens is 76.1 g/mol. The van der Waals surface area contributed by atoms with E-state index in [4.69, 9.17) is 1.37 Å². The van der Waals surface area contributed by atoms with Crippen LogP contribution in [0.3, 0.4) is 0 Å². The fourth-order valence-corrected chi connectivity index (χ4v) is 0.454. The van der Waals surface area contributed by atoms with Crippen LogP contribution in [-0.2, 0) is 4.79 Å². The minimum atomic E-state index is 0.102. The fraction of sp³-hybridized carbons (Fsp3) is 0.400. The van der Waals surface area contributed by atoms with Crippen molar-refractivity contribution in [3.8, 4) is 0 Å². The van der Waals surface area contributed by atoms with Crippen molar-refractivity contribution in [2.75, 3.05) is 0 Å². The van der Waals surface area contributed by atoms with Crippen LogP contribution in [0.4, 0.5) is 0 Å². The van der Waals surface area contributed by atoms with E-state index in [-0.39, 0.29) is 5.78 Å². The minimum absolute atomic E-state index is 0.102.